The van der Waals surface area contributed by atoms with E-state index in [2.05, 4.69) is 10.0 Å². The molecule has 2 aliphatic rings. The Balaban J connectivity index is 1.39. The summed E-state index contributed by atoms with van der Waals surface area (Å²) < 4.78 is 42.2. The zero-order chi connectivity index (χ0) is 21.3. The summed E-state index contributed by atoms with van der Waals surface area (Å²) in [5, 5.41) is 2.73. The molecule has 0 radical (unpaired) electrons. The molecule has 0 atom stereocenters. The normalized spacial score (nSPS) is 17.4. The first-order chi connectivity index (χ1) is 14.3. The molecule has 0 aliphatic carbocycles. The molecule has 4 rings (SSSR count). The summed E-state index contributed by atoms with van der Waals surface area (Å²) >= 11 is 0. The highest BCUT2D eigenvalue weighted by molar-refractivity contribution is 7.89. The van der Waals surface area contributed by atoms with Gasteiger partial charge in [0, 0.05) is 31.2 Å². The summed E-state index contributed by atoms with van der Waals surface area (Å²) in [6, 6.07) is 10.2. The van der Waals surface area contributed by atoms with Gasteiger partial charge in [0.1, 0.15) is 5.82 Å². The molecule has 9 heteroatoms. The molecule has 30 heavy (non-hydrogen) atoms. The highest BCUT2D eigenvalue weighted by atomic mass is 32.2. The largest absolute Gasteiger partial charge is 0.338 e. The van der Waals surface area contributed by atoms with Crippen LogP contribution in [0.4, 0.5) is 10.1 Å². The van der Waals surface area contributed by atoms with Crippen molar-refractivity contribution in [3.05, 3.63) is 59.4 Å². The lowest BCUT2D eigenvalue weighted by Crippen LogP contribution is -2.46. The number of carbonyl (C=O) groups is 2. The number of fused-ring (bicyclic) bond motifs is 1. The van der Waals surface area contributed by atoms with Gasteiger partial charge in [-0.15, -0.1) is 0 Å². The number of likely N-dealkylation sites (tertiary alicyclic amines) is 1. The third-order valence-electron chi connectivity index (χ3n) is 5.49. The monoisotopic (exact) mass is 431 g/mol. The van der Waals surface area contributed by atoms with Crippen LogP contribution in [0.2, 0.25) is 0 Å². The molecule has 2 aromatic rings. The molecule has 2 amide bonds. The van der Waals surface area contributed by atoms with Gasteiger partial charge in [0.05, 0.1) is 10.5 Å². The molecule has 0 aromatic heterocycles. The number of carbonyl (C=O) groups excluding carboxylic acids is 2. The second-order valence-corrected chi connectivity index (χ2v) is 9.25. The maximum absolute atomic E-state index is 13.9. The average molecular weight is 431 g/mol. The topological polar surface area (TPSA) is 95.6 Å². The summed E-state index contributed by atoms with van der Waals surface area (Å²) in [5.41, 5.74) is 1.46. The van der Waals surface area contributed by atoms with Gasteiger partial charge >= 0.3 is 0 Å². The van der Waals surface area contributed by atoms with Crippen LogP contribution in [0.25, 0.3) is 0 Å². The Morgan fingerprint density at radius 1 is 1.10 bits per heavy atom. The number of piperidine rings is 1. The predicted octanol–water partition coefficient (Wildman–Crippen LogP) is 2.29. The number of hydrogen-bond donors (Lipinski definition) is 2. The van der Waals surface area contributed by atoms with Crippen LogP contribution in [0.1, 0.15) is 35.2 Å². The van der Waals surface area contributed by atoms with Gasteiger partial charge in [-0.1, -0.05) is 12.1 Å². The van der Waals surface area contributed by atoms with Gasteiger partial charge in [0.25, 0.3) is 5.91 Å². The van der Waals surface area contributed by atoms with Crippen LogP contribution in [0.5, 0.6) is 0 Å². The van der Waals surface area contributed by atoms with Crippen molar-refractivity contribution in [2.45, 2.75) is 36.6 Å². The van der Waals surface area contributed by atoms with Gasteiger partial charge in [-0.05, 0) is 55.2 Å². The zero-order valence-electron chi connectivity index (χ0n) is 16.2. The number of anilines is 1. The van der Waals surface area contributed by atoms with Crippen molar-refractivity contribution in [3.8, 4) is 0 Å². The number of halogens is 1. The standard InChI is InChI=1S/C21H22FN3O4S/c22-18-4-2-1-3-17(18)21(27)25-11-9-15(10-12-25)24-30(28,29)16-6-7-19-14(13-16)5-8-20(26)23-19/h1-4,6-7,13,15,24H,5,8-12H2,(H,23,26). The van der Waals surface area contributed by atoms with Crippen LogP contribution in [-0.2, 0) is 21.2 Å². The van der Waals surface area contributed by atoms with Crippen LogP contribution in [0, 0.1) is 5.82 Å². The molecule has 0 unspecified atom stereocenters. The second-order valence-electron chi connectivity index (χ2n) is 7.53. The van der Waals surface area contributed by atoms with E-state index in [9.17, 15) is 22.4 Å². The second kappa shape index (κ2) is 8.16. The Kier molecular flexibility index (Phi) is 5.57. The number of nitrogens with zero attached hydrogens (tertiary/aromatic N) is 1. The predicted molar refractivity (Wildman–Crippen MR) is 109 cm³/mol. The molecule has 0 spiro atoms. The molecule has 1 fully saturated rings. The molecule has 7 nitrogen and oxygen atoms in total. The van der Waals surface area contributed by atoms with Crippen molar-refractivity contribution < 1.29 is 22.4 Å². The number of benzene rings is 2. The maximum atomic E-state index is 13.9. The van der Waals surface area contributed by atoms with E-state index in [0.29, 0.717) is 44.5 Å². The molecule has 1 saturated heterocycles. The number of amides is 2. The van der Waals surface area contributed by atoms with Crippen LogP contribution in [-0.4, -0.2) is 44.3 Å². The fourth-order valence-corrected chi connectivity index (χ4v) is 5.18. The number of aryl methyl sites for hydroxylation is 1. The van der Waals surface area contributed by atoms with Gasteiger partial charge in [0.2, 0.25) is 15.9 Å². The number of hydrogen-bond acceptors (Lipinski definition) is 4. The first-order valence-electron chi connectivity index (χ1n) is 9.82. The Hall–Kier alpha value is -2.78. The number of sulfonamides is 1. The molecule has 0 saturated carbocycles. The van der Waals surface area contributed by atoms with Crippen molar-refractivity contribution >= 4 is 27.5 Å². The Labute approximate surface area is 174 Å². The lowest BCUT2D eigenvalue weighted by atomic mass is 10.0. The van der Waals surface area contributed by atoms with E-state index in [1.165, 1.54) is 24.3 Å². The molecular weight excluding hydrogens is 409 g/mol. The van der Waals surface area contributed by atoms with Gasteiger partial charge in [-0.2, -0.15) is 0 Å². The van der Waals surface area contributed by atoms with Crippen LogP contribution < -0.4 is 10.0 Å². The van der Waals surface area contributed by atoms with Crippen molar-refractivity contribution in [2.24, 2.45) is 0 Å². The Bertz CT molecular complexity index is 1100. The molecule has 2 heterocycles. The van der Waals surface area contributed by atoms with Gasteiger partial charge in [-0.3, -0.25) is 9.59 Å². The van der Waals surface area contributed by atoms with Crippen molar-refractivity contribution in [1.29, 1.82) is 0 Å². The Morgan fingerprint density at radius 3 is 2.57 bits per heavy atom. The van der Waals surface area contributed by atoms with Gasteiger partial charge in [-0.25, -0.2) is 17.5 Å². The van der Waals surface area contributed by atoms with Crippen molar-refractivity contribution in [3.63, 3.8) is 0 Å². The Morgan fingerprint density at radius 2 is 1.83 bits per heavy atom. The minimum atomic E-state index is -3.73. The highest BCUT2D eigenvalue weighted by Crippen LogP contribution is 2.26. The third kappa shape index (κ3) is 4.22. The third-order valence-corrected chi connectivity index (χ3v) is 7.01. The van der Waals surface area contributed by atoms with E-state index in [1.807, 2.05) is 0 Å². The fourth-order valence-electron chi connectivity index (χ4n) is 3.82. The zero-order valence-corrected chi connectivity index (χ0v) is 17.0. The summed E-state index contributed by atoms with van der Waals surface area (Å²) in [5.74, 6) is -1.02. The molecule has 2 aromatic carbocycles. The minimum absolute atomic E-state index is 0.0256. The lowest BCUT2D eigenvalue weighted by Gasteiger charge is -2.32. The maximum Gasteiger partial charge on any atom is 0.256 e. The summed E-state index contributed by atoms with van der Waals surface area (Å²) in [6.45, 7) is 0.688. The quantitative estimate of drug-likeness (QED) is 0.777. The van der Waals surface area contributed by atoms with E-state index in [-0.39, 0.29) is 28.3 Å². The molecule has 158 valence electrons. The number of rotatable bonds is 4. The van der Waals surface area contributed by atoms with E-state index >= 15 is 0 Å². The number of nitrogens with one attached hydrogen (secondary N) is 2. The molecular formula is C21H22FN3O4S. The van der Waals surface area contributed by atoms with E-state index < -0.39 is 15.8 Å². The van der Waals surface area contributed by atoms with Crippen molar-refractivity contribution in [1.82, 2.24) is 9.62 Å². The summed E-state index contributed by atoms with van der Waals surface area (Å²) in [4.78, 5) is 25.7. The lowest BCUT2D eigenvalue weighted by molar-refractivity contribution is -0.116. The van der Waals surface area contributed by atoms with E-state index in [4.69, 9.17) is 0 Å². The highest BCUT2D eigenvalue weighted by Gasteiger charge is 2.28. The van der Waals surface area contributed by atoms with E-state index in [0.717, 1.165) is 5.56 Å². The first kappa shape index (κ1) is 20.5. The summed E-state index contributed by atoms with van der Waals surface area (Å²) in [7, 11) is -3.73. The summed E-state index contributed by atoms with van der Waals surface area (Å²) in [6.07, 6.45) is 1.72. The SMILES string of the molecule is O=C1CCc2cc(S(=O)(=O)NC3CCN(C(=O)c4ccccc4F)CC3)ccc2N1. The van der Waals surface area contributed by atoms with Crippen LogP contribution in [0.3, 0.4) is 0 Å². The smallest absolute Gasteiger partial charge is 0.256 e. The van der Waals surface area contributed by atoms with Crippen molar-refractivity contribution in [2.75, 3.05) is 18.4 Å². The van der Waals surface area contributed by atoms with E-state index in [1.54, 1.807) is 23.1 Å². The average Bonchev–Trinajstić information content (AvgIpc) is 2.73. The minimum Gasteiger partial charge on any atom is -0.338 e. The molecule has 2 N–H and O–H groups in total. The molecule has 0 bridgehead atoms. The molecule has 2 aliphatic heterocycles. The van der Waals surface area contributed by atoms with Gasteiger partial charge < -0.3 is 10.2 Å². The van der Waals surface area contributed by atoms with Crippen LogP contribution >= 0.6 is 0 Å². The first-order valence-corrected chi connectivity index (χ1v) is 11.3. The van der Waals surface area contributed by atoms with Gasteiger partial charge in [0.15, 0.2) is 0 Å². The van der Waals surface area contributed by atoms with Crippen LogP contribution in [0.15, 0.2) is 47.4 Å². The fraction of sp³-hybridized carbons (Fsp3) is 0.333.